The van der Waals surface area contributed by atoms with Crippen LogP contribution in [0, 0.1) is 0 Å². The van der Waals surface area contributed by atoms with E-state index < -0.39 is 11.9 Å². The van der Waals surface area contributed by atoms with Gasteiger partial charge in [-0.2, -0.15) is 0 Å². The van der Waals surface area contributed by atoms with Crippen molar-refractivity contribution in [2.75, 3.05) is 13.2 Å². The Balaban J connectivity index is 3.26. The largest absolute Gasteiger partial charge is 0.465 e. The van der Waals surface area contributed by atoms with Gasteiger partial charge >= 0.3 is 11.9 Å². The van der Waals surface area contributed by atoms with Gasteiger partial charge in [-0.25, -0.2) is 4.79 Å². The molecular weight excluding hydrogens is 236 g/mol. The number of carbonyl (C=O) groups excluding carboxylic acids is 3. The lowest BCUT2D eigenvalue weighted by Crippen LogP contribution is -2.09. The van der Waals surface area contributed by atoms with Crippen LogP contribution in [-0.4, -0.2) is 30.9 Å². The van der Waals surface area contributed by atoms with Gasteiger partial charge in [0.25, 0.3) is 0 Å². The molecule has 0 aromatic carbocycles. The zero-order valence-electron chi connectivity index (χ0n) is 10.8. The SMILES string of the molecule is C=CC(=O)OCCCCCCOC(=O)CC(C)=O. The van der Waals surface area contributed by atoms with Crippen LogP contribution in [0.4, 0.5) is 0 Å². The molecule has 0 heterocycles. The molecule has 0 N–H and O–H groups in total. The van der Waals surface area contributed by atoms with Crippen LogP contribution in [-0.2, 0) is 23.9 Å². The maximum absolute atomic E-state index is 11.0. The molecule has 0 spiro atoms. The van der Waals surface area contributed by atoms with Gasteiger partial charge < -0.3 is 9.47 Å². The second-order valence-electron chi connectivity index (χ2n) is 3.89. The standard InChI is InChI=1S/C13H20O5/c1-3-12(15)17-8-6-4-5-7-9-18-13(16)10-11(2)14/h3H,1,4-10H2,2H3. The highest BCUT2D eigenvalue weighted by molar-refractivity contribution is 5.94. The lowest BCUT2D eigenvalue weighted by atomic mass is 10.2. The van der Waals surface area contributed by atoms with Gasteiger partial charge in [0.2, 0.25) is 0 Å². The Morgan fingerprint density at radius 3 is 2.06 bits per heavy atom. The van der Waals surface area contributed by atoms with Crippen LogP contribution in [0.2, 0.25) is 0 Å². The Bertz CT molecular complexity index is 296. The molecule has 0 fully saturated rings. The summed E-state index contributed by atoms with van der Waals surface area (Å²) in [5.41, 5.74) is 0. The van der Waals surface area contributed by atoms with Crippen molar-refractivity contribution in [3.8, 4) is 0 Å². The minimum atomic E-state index is -0.470. The first-order chi connectivity index (χ1) is 8.56. The molecule has 0 bridgehead atoms. The summed E-state index contributed by atoms with van der Waals surface area (Å²) in [5.74, 6) is -1.07. The molecule has 0 unspecified atom stereocenters. The molecule has 5 nitrogen and oxygen atoms in total. The van der Waals surface area contributed by atoms with E-state index in [1.54, 1.807) is 0 Å². The van der Waals surface area contributed by atoms with E-state index in [4.69, 9.17) is 9.47 Å². The molecule has 0 atom stereocenters. The number of hydrogen-bond acceptors (Lipinski definition) is 5. The Labute approximate surface area is 107 Å². The van der Waals surface area contributed by atoms with Gasteiger partial charge in [-0.05, 0) is 32.6 Å². The van der Waals surface area contributed by atoms with Crippen LogP contribution in [0.15, 0.2) is 12.7 Å². The average molecular weight is 256 g/mol. The lowest BCUT2D eigenvalue weighted by Gasteiger charge is -2.04. The third kappa shape index (κ3) is 10.9. The molecule has 0 aliphatic rings. The van der Waals surface area contributed by atoms with E-state index in [0.29, 0.717) is 13.2 Å². The number of Topliss-reactive ketones (excluding diaryl/α,β-unsaturated/α-hetero) is 1. The van der Waals surface area contributed by atoms with Crippen molar-refractivity contribution >= 4 is 17.7 Å². The van der Waals surface area contributed by atoms with Gasteiger partial charge in [-0.3, -0.25) is 9.59 Å². The average Bonchev–Trinajstić information content (AvgIpc) is 2.31. The van der Waals surface area contributed by atoms with Gasteiger partial charge in [0, 0.05) is 6.08 Å². The first-order valence-corrected chi connectivity index (χ1v) is 6.00. The van der Waals surface area contributed by atoms with E-state index in [0.717, 1.165) is 31.8 Å². The van der Waals surface area contributed by atoms with Crippen molar-refractivity contribution in [2.45, 2.75) is 39.0 Å². The zero-order chi connectivity index (χ0) is 13.8. The van der Waals surface area contributed by atoms with Crippen molar-refractivity contribution in [1.82, 2.24) is 0 Å². The molecule has 0 aliphatic carbocycles. The van der Waals surface area contributed by atoms with Gasteiger partial charge in [-0.15, -0.1) is 0 Å². The lowest BCUT2D eigenvalue weighted by molar-refractivity contribution is -0.146. The Kier molecular flexibility index (Phi) is 9.54. The van der Waals surface area contributed by atoms with Crippen LogP contribution < -0.4 is 0 Å². The highest BCUT2D eigenvalue weighted by Crippen LogP contribution is 2.01. The van der Waals surface area contributed by atoms with Crippen molar-refractivity contribution < 1.29 is 23.9 Å². The summed E-state index contributed by atoms with van der Waals surface area (Å²) < 4.78 is 9.66. The molecule has 102 valence electrons. The Hall–Kier alpha value is -1.65. The van der Waals surface area contributed by atoms with Crippen molar-refractivity contribution in [3.05, 3.63) is 12.7 Å². The fourth-order valence-corrected chi connectivity index (χ4v) is 1.23. The predicted molar refractivity (Wildman–Crippen MR) is 65.9 cm³/mol. The molecule has 0 radical (unpaired) electrons. The summed E-state index contributed by atoms with van der Waals surface area (Å²) in [6.45, 7) is 5.36. The number of carbonyl (C=O) groups is 3. The second kappa shape index (κ2) is 10.5. The first kappa shape index (κ1) is 16.4. The molecule has 18 heavy (non-hydrogen) atoms. The molecule has 5 heteroatoms. The number of rotatable bonds is 10. The van der Waals surface area contributed by atoms with Crippen LogP contribution >= 0.6 is 0 Å². The first-order valence-electron chi connectivity index (χ1n) is 6.00. The van der Waals surface area contributed by atoms with E-state index in [1.165, 1.54) is 6.92 Å². The maximum atomic E-state index is 11.0. The number of ether oxygens (including phenoxy) is 2. The summed E-state index contributed by atoms with van der Waals surface area (Å²) in [4.78, 5) is 32.3. The molecule has 0 saturated heterocycles. The molecule has 0 aromatic heterocycles. The van der Waals surface area contributed by atoms with Gasteiger partial charge in [0.1, 0.15) is 12.2 Å². The van der Waals surface area contributed by atoms with Crippen LogP contribution in [0.3, 0.4) is 0 Å². The van der Waals surface area contributed by atoms with Gasteiger partial charge in [-0.1, -0.05) is 6.58 Å². The molecular formula is C13H20O5. The molecule has 0 aromatic rings. The number of hydrogen-bond donors (Lipinski definition) is 0. The van der Waals surface area contributed by atoms with E-state index >= 15 is 0 Å². The highest BCUT2D eigenvalue weighted by Gasteiger charge is 2.05. The summed E-state index contributed by atoms with van der Waals surface area (Å²) in [6, 6.07) is 0. The smallest absolute Gasteiger partial charge is 0.330 e. The van der Waals surface area contributed by atoms with E-state index in [-0.39, 0.29) is 12.2 Å². The normalized spacial score (nSPS) is 9.61. The minimum absolute atomic E-state index is 0.155. The predicted octanol–water partition coefficient (Wildman–Crippen LogP) is 1.80. The van der Waals surface area contributed by atoms with E-state index in [9.17, 15) is 14.4 Å². The van der Waals surface area contributed by atoms with E-state index in [1.807, 2.05) is 0 Å². The van der Waals surface area contributed by atoms with E-state index in [2.05, 4.69) is 6.58 Å². The Morgan fingerprint density at radius 2 is 1.56 bits per heavy atom. The van der Waals surface area contributed by atoms with Gasteiger partial charge in [0.05, 0.1) is 13.2 Å². The van der Waals surface area contributed by atoms with Gasteiger partial charge in [0.15, 0.2) is 0 Å². The van der Waals surface area contributed by atoms with Crippen molar-refractivity contribution in [1.29, 1.82) is 0 Å². The topological polar surface area (TPSA) is 69.7 Å². The van der Waals surface area contributed by atoms with Crippen LogP contribution in [0.5, 0.6) is 0 Å². The number of esters is 2. The summed E-state index contributed by atoms with van der Waals surface area (Å²) in [6.07, 6.45) is 4.29. The third-order valence-corrected chi connectivity index (χ3v) is 2.11. The molecule has 0 rings (SSSR count). The summed E-state index contributed by atoms with van der Waals surface area (Å²) in [7, 11) is 0. The maximum Gasteiger partial charge on any atom is 0.330 e. The van der Waals surface area contributed by atoms with Crippen molar-refractivity contribution in [3.63, 3.8) is 0 Å². The monoisotopic (exact) mass is 256 g/mol. The number of unbranched alkanes of at least 4 members (excludes halogenated alkanes) is 3. The second-order valence-corrected chi connectivity index (χ2v) is 3.89. The molecule has 0 saturated carbocycles. The Morgan fingerprint density at radius 1 is 1.00 bits per heavy atom. The summed E-state index contributed by atoms with van der Waals surface area (Å²) in [5, 5.41) is 0. The highest BCUT2D eigenvalue weighted by atomic mass is 16.5. The fourth-order valence-electron chi connectivity index (χ4n) is 1.23. The van der Waals surface area contributed by atoms with Crippen LogP contribution in [0.25, 0.3) is 0 Å². The molecule has 0 aliphatic heterocycles. The zero-order valence-corrected chi connectivity index (χ0v) is 10.8. The van der Waals surface area contributed by atoms with Crippen molar-refractivity contribution in [2.24, 2.45) is 0 Å². The fraction of sp³-hybridized carbons (Fsp3) is 0.615. The quantitative estimate of drug-likeness (QED) is 0.258. The number of ketones is 1. The third-order valence-electron chi connectivity index (χ3n) is 2.11. The summed E-state index contributed by atoms with van der Waals surface area (Å²) >= 11 is 0. The molecule has 0 amide bonds. The van der Waals surface area contributed by atoms with Crippen LogP contribution in [0.1, 0.15) is 39.0 Å². The minimum Gasteiger partial charge on any atom is -0.465 e.